The van der Waals surface area contributed by atoms with E-state index in [1.54, 1.807) is 0 Å². The van der Waals surface area contributed by atoms with Crippen molar-refractivity contribution in [2.45, 2.75) is 13.5 Å². The number of aromatic amines is 1. The second-order valence-electron chi connectivity index (χ2n) is 3.01. The standard InChI is InChI=1S/C9H10BrN3/c1-5-2-6(10)3-7-9(5)13-8(4-11)12-7/h2-3H,4,11H2,1H3,(H,12,13). The molecule has 4 heteroatoms. The summed E-state index contributed by atoms with van der Waals surface area (Å²) in [5.74, 6) is 0.830. The van der Waals surface area contributed by atoms with Gasteiger partial charge in [-0.05, 0) is 24.6 Å². The molecule has 1 aromatic carbocycles. The third-order valence-corrected chi connectivity index (χ3v) is 2.44. The summed E-state index contributed by atoms with van der Waals surface area (Å²) in [6.07, 6.45) is 0. The molecule has 2 aromatic rings. The number of aryl methyl sites for hydroxylation is 1. The molecule has 0 bridgehead atoms. The number of hydrogen-bond donors (Lipinski definition) is 2. The molecule has 1 aromatic heterocycles. The smallest absolute Gasteiger partial charge is 0.121 e. The fraction of sp³-hybridized carbons (Fsp3) is 0.222. The number of nitrogens with one attached hydrogen (secondary N) is 1. The van der Waals surface area contributed by atoms with Crippen LogP contribution in [0.4, 0.5) is 0 Å². The second-order valence-corrected chi connectivity index (χ2v) is 3.92. The Balaban J connectivity index is 2.75. The SMILES string of the molecule is Cc1cc(Br)cc2[nH]c(CN)nc12. The molecule has 68 valence electrons. The van der Waals surface area contributed by atoms with E-state index >= 15 is 0 Å². The number of imidazole rings is 1. The zero-order valence-electron chi connectivity index (χ0n) is 7.26. The summed E-state index contributed by atoms with van der Waals surface area (Å²) in [6, 6.07) is 4.05. The first kappa shape index (κ1) is 8.72. The van der Waals surface area contributed by atoms with E-state index < -0.39 is 0 Å². The normalized spacial score (nSPS) is 11.0. The third-order valence-electron chi connectivity index (χ3n) is 1.98. The monoisotopic (exact) mass is 239 g/mol. The maximum Gasteiger partial charge on any atom is 0.121 e. The number of H-pyrrole nitrogens is 1. The van der Waals surface area contributed by atoms with Gasteiger partial charge in [0.15, 0.2) is 0 Å². The van der Waals surface area contributed by atoms with E-state index in [9.17, 15) is 0 Å². The molecular formula is C9H10BrN3. The van der Waals surface area contributed by atoms with Crippen molar-refractivity contribution in [3.05, 3.63) is 28.0 Å². The Bertz CT molecular complexity index is 447. The highest BCUT2D eigenvalue weighted by Gasteiger charge is 2.04. The largest absolute Gasteiger partial charge is 0.341 e. The Kier molecular flexibility index (Phi) is 2.09. The number of hydrogen-bond acceptors (Lipinski definition) is 2. The lowest BCUT2D eigenvalue weighted by molar-refractivity contribution is 0.958. The fourth-order valence-corrected chi connectivity index (χ4v) is 1.97. The van der Waals surface area contributed by atoms with Gasteiger partial charge in [-0.15, -0.1) is 0 Å². The predicted molar refractivity (Wildman–Crippen MR) is 56.4 cm³/mol. The van der Waals surface area contributed by atoms with Crippen LogP contribution in [0.15, 0.2) is 16.6 Å². The van der Waals surface area contributed by atoms with Crippen molar-refractivity contribution in [1.29, 1.82) is 0 Å². The van der Waals surface area contributed by atoms with Gasteiger partial charge in [0, 0.05) is 4.47 Å². The summed E-state index contributed by atoms with van der Waals surface area (Å²) >= 11 is 3.44. The number of benzene rings is 1. The number of fused-ring (bicyclic) bond motifs is 1. The summed E-state index contributed by atoms with van der Waals surface area (Å²) in [5.41, 5.74) is 8.69. The van der Waals surface area contributed by atoms with Crippen LogP contribution in [0.5, 0.6) is 0 Å². The predicted octanol–water partition coefficient (Wildman–Crippen LogP) is 2.09. The van der Waals surface area contributed by atoms with E-state index in [1.807, 2.05) is 19.1 Å². The van der Waals surface area contributed by atoms with Crippen molar-refractivity contribution in [2.75, 3.05) is 0 Å². The number of nitrogens with two attached hydrogens (primary N) is 1. The van der Waals surface area contributed by atoms with Gasteiger partial charge < -0.3 is 10.7 Å². The van der Waals surface area contributed by atoms with E-state index in [4.69, 9.17) is 5.73 Å². The molecule has 0 aliphatic carbocycles. The van der Waals surface area contributed by atoms with E-state index in [-0.39, 0.29) is 0 Å². The number of aromatic nitrogens is 2. The quantitative estimate of drug-likeness (QED) is 0.801. The van der Waals surface area contributed by atoms with Crippen molar-refractivity contribution in [3.63, 3.8) is 0 Å². The van der Waals surface area contributed by atoms with Crippen molar-refractivity contribution >= 4 is 27.0 Å². The van der Waals surface area contributed by atoms with Crippen LogP contribution in [-0.2, 0) is 6.54 Å². The van der Waals surface area contributed by atoms with Crippen molar-refractivity contribution < 1.29 is 0 Å². The van der Waals surface area contributed by atoms with Crippen molar-refractivity contribution in [2.24, 2.45) is 5.73 Å². The number of nitrogens with zero attached hydrogens (tertiary/aromatic N) is 1. The summed E-state index contributed by atoms with van der Waals surface area (Å²) in [5, 5.41) is 0. The molecule has 0 saturated heterocycles. The van der Waals surface area contributed by atoms with E-state index in [0.29, 0.717) is 6.54 Å². The topological polar surface area (TPSA) is 54.7 Å². The maximum atomic E-state index is 5.50. The highest BCUT2D eigenvalue weighted by atomic mass is 79.9. The second kappa shape index (κ2) is 3.12. The average molecular weight is 240 g/mol. The minimum atomic E-state index is 0.450. The van der Waals surface area contributed by atoms with Crippen LogP contribution in [0.1, 0.15) is 11.4 Å². The molecule has 0 fully saturated rings. The molecule has 13 heavy (non-hydrogen) atoms. The molecule has 1 heterocycles. The molecule has 3 nitrogen and oxygen atoms in total. The molecule has 0 aliphatic rings. The van der Waals surface area contributed by atoms with Crippen LogP contribution in [0.25, 0.3) is 11.0 Å². The molecule has 0 saturated carbocycles. The molecule has 3 N–H and O–H groups in total. The number of rotatable bonds is 1. The minimum absolute atomic E-state index is 0.450. The Morgan fingerprint density at radius 2 is 2.31 bits per heavy atom. The van der Waals surface area contributed by atoms with Gasteiger partial charge >= 0.3 is 0 Å². The lowest BCUT2D eigenvalue weighted by Crippen LogP contribution is -1.97. The van der Waals surface area contributed by atoms with Gasteiger partial charge in [0.2, 0.25) is 0 Å². The molecule has 0 spiro atoms. The Morgan fingerprint density at radius 3 is 3.00 bits per heavy atom. The lowest BCUT2D eigenvalue weighted by Gasteiger charge is -1.94. The molecule has 0 unspecified atom stereocenters. The fourth-order valence-electron chi connectivity index (χ4n) is 1.39. The molecular weight excluding hydrogens is 230 g/mol. The van der Waals surface area contributed by atoms with Gasteiger partial charge in [-0.1, -0.05) is 15.9 Å². The average Bonchev–Trinajstić information content (AvgIpc) is 2.47. The highest BCUT2D eigenvalue weighted by Crippen LogP contribution is 2.21. The van der Waals surface area contributed by atoms with E-state index in [1.165, 1.54) is 0 Å². The van der Waals surface area contributed by atoms with Crippen molar-refractivity contribution in [3.8, 4) is 0 Å². The Labute approximate surface area is 84.5 Å². The van der Waals surface area contributed by atoms with Gasteiger partial charge in [0.25, 0.3) is 0 Å². The molecule has 0 atom stereocenters. The molecule has 0 aliphatic heterocycles. The highest BCUT2D eigenvalue weighted by molar-refractivity contribution is 9.10. The van der Waals surface area contributed by atoms with E-state index in [2.05, 4.69) is 25.9 Å². The first-order chi connectivity index (χ1) is 6.20. The van der Waals surface area contributed by atoms with Crippen LogP contribution >= 0.6 is 15.9 Å². The van der Waals surface area contributed by atoms with Gasteiger partial charge in [-0.25, -0.2) is 4.98 Å². The Morgan fingerprint density at radius 1 is 1.54 bits per heavy atom. The van der Waals surface area contributed by atoms with Gasteiger partial charge in [0.1, 0.15) is 5.82 Å². The molecule has 0 amide bonds. The number of halogens is 1. The molecule has 0 radical (unpaired) electrons. The summed E-state index contributed by atoms with van der Waals surface area (Å²) in [7, 11) is 0. The van der Waals surface area contributed by atoms with Gasteiger partial charge in [-0.3, -0.25) is 0 Å². The van der Waals surface area contributed by atoms with Crippen LogP contribution in [0, 0.1) is 6.92 Å². The van der Waals surface area contributed by atoms with Gasteiger partial charge in [0.05, 0.1) is 17.6 Å². The third kappa shape index (κ3) is 1.47. The van der Waals surface area contributed by atoms with Crippen LogP contribution in [0.2, 0.25) is 0 Å². The maximum absolute atomic E-state index is 5.50. The van der Waals surface area contributed by atoms with Gasteiger partial charge in [-0.2, -0.15) is 0 Å². The van der Waals surface area contributed by atoms with E-state index in [0.717, 1.165) is 26.9 Å². The first-order valence-corrected chi connectivity index (χ1v) is 4.85. The van der Waals surface area contributed by atoms with Crippen LogP contribution < -0.4 is 5.73 Å². The minimum Gasteiger partial charge on any atom is -0.341 e. The zero-order valence-corrected chi connectivity index (χ0v) is 8.85. The zero-order chi connectivity index (χ0) is 9.42. The lowest BCUT2D eigenvalue weighted by atomic mass is 10.2. The Hall–Kier alpha value is -0.870. The van der Waals surface area contributed by atoms with Crippen molar-refractivity contribution in [1.82, 2.24) is 9.97 Å². The summed E-state index contributed by atoms with van der Waals surface area (Å²) in [4.78, 5) is 7.53. The summed E-state index contributed by atoms with van der Waals surface area (Å²) < 4.78 is 1.06. The van der Waals surface area contributed by atoms with Crippen LogP contribution in [0.3, 0.4) is 0 Å². The first-order valence-electron chi connectivity index (χ1n) is 4.05. The van der Waals surface area contributed by atoms with Crippen LogP contribution in [-0.4, -0.2) is 9.97 Å². The molecule has 2 rings (SSSR count). The summed E-state index contributed by atoms with van der Waals surface area (Å²) in [6.45, 7) is 2.49.